The van der Waals surface area contributed by atoms with Gasteiger partial charge in [-0.25, -0.2) is 0 Å². The summed E-state index contributed by atoms with van der Waals surface area (Å²) in [5, 5.41) is 24.3. The standard InChI is InChI=1S/C9H16N2O3/c12-7-1-6(2-7)11-9(3-8(13)14)4-10-5-9/h6-7,10-12H,1-5H2,(H,13,14). The lowest BCUT2D eigenvalue weighted by molar-refractivity contribution is -0.139. The molecule has 1 aliphatic heterocycles. The number of carboxylic acid groups (broad SMARTS) is 1. The molecular weight excluding hydrogens is 184 g/mol. The molecule has 0 spiro atoms. The summed E-state index contributed by atoms with van der Waals surface area (Å²) in [4.78, 5) is 10.6. The zero-order chi connectivity index (χ0) is 10.2. The quantitative estimate of drug-likeness (QED) is 0.464. The molecule has 80 valence electrons. The molecule has 0 amide bonds. The summed E-state index contributed by atoms with van der Waals surface area (Å²) < 4.78 is 0. The Morgan fingerprint density at radius 1 is 1.50 bits per heavy atom. The average Bonchev–Trinajstić information content (AvgIpc) is 1.96. The maximum absolute atomic E-state index is 10.6. The average molecular weight is 200 g/mol. The predicted molar refractivity (Wildman–Crippen MR) is 50.0 cm³/mol. The van der Waals surface area contributed by atoms with Crippen molar-refractivity contribution in [2.75, 3.05) is 13.1 Å². The molecule has 0 aromatic carbocycles. The predicted octanol–water partition coefficient (Wildman–Crippen LogP) is -1.08. The number of carbonyl (C=O) groups is 1. The van der Waals surface area contributed by atoms with Crippen LogP contribution in [0.1, 0.15) is 19.3 Å². The van der Waals surface area contributed by atoms with Crippen LogP contribution < -0.4 is 10.6 Å². The van der Waals surface area contributed by atoms with E-state index in [1.807, 2.05) is 0 Å². The zero-order valence-corrected chi connectivity index (χ0v) is 7.99. The third-order valence-corrected chi connectivity index (χ3v) is 3.04. The molecular formula is C9H16N2O3. The van der Waals surface area contributed by atoms with Crippen molar-refractivity contribution in [1.29, 1.82) is 0 Å². The number of rotatable bonds is 4. The van der Waals surface area contributed by atoms with Gasteiger partial charge in [-0.1, -0.05) is 0 Å². The molecule has 5 heteroatoms. The lowest BCUT2D eigenvalue weighted by Crippen LogP contribution is -2.71. The van der Waals surface area contributed by atoms with Crippen LogP contribution in [0.2, 0.25) is 0 Å². The van der Waals surface area contributed by atoms with E-state index in [0.29, 0.717) is 19.1 Å². The summed E-state index contributed by atoms with van der Waals surface area (Å²) in [5.41, 5.74) is -0.267. The first kappa shape index (κ1) is 9.89. The Labute approximate surface area is 82.5 Å². The lowest BCUT2D eigenvalue weighted by atomic mass is 9.82. The van der Waals surface area contributed by atoms with Crippen molar-refractivity contribution in [3.63, 3.8) is 0 Å². The molecule has 0 atom stereocenters. The summed E-state index contributed by atoms with van der Waals surface area (Å²) in [6, 6.07) is 0.298. The van der Waals surface area contributed by atoms with E-state index < -0.39 is 5.97 Å². The fraction of sp³-hybridized carbons (Fsp3) is 0.889. The number of aliphatic hydroxyl groups excluding tert-OH is 1. The molecule has 0 bridgehead atoms. The van der Waals surface area contributed by atoms with Gasteiger partial charge in [0.2, 0.25) is 0 Å². The third-order valence-electron chi connectivity index (χ3n) is 3.04. The molecule has 0 aromatic heterocycles. The number of carboxylic acids is 1. The summed E-state index contributed by atoms with van der Waals surface area (Å²) in [6.07, 6.45) is 1.47. The highest BCUT2D eigenvalue weighted by molar-refractivity contribution is 5.68. The third kappa shape index (κ3) is 1.89. The molecule has 1 aliphatic carbocycles. The summed E-state index contributed by atoms with van der Waals surface area (Å²) in [5.74, 6) is -0.765. The molecule has 2 rings (SSSR count). The van der Waals surface area contributed by atoms with Crippen LogP contribution in [-0.2, 0) is 4.79 Å². The maximum atomic E-state index is 10.6. The topological polar surface area (TPSA) is 81.6 Å². The number of nitrogens with one attached hydrogen (secondary N) is 2. The number of aliphatic carboxylic acids is 1. The summed E-state index contributed by atoms with van der Waals surface area (Å²) in [6.45, 7) is 1.43. The van der Waals surface area contributed by atoms with Gasteiger partial charge in [-0.15, -0.1) is 0 Å². The molecule has 0 aromatic rings. The van der Waals surface area contributed by atoms with E-state index in [1.165, 1.54) is 0 Å². The summed E-state index contributed by atoms with van der Waals surface area (Å²) >= 11 is 0. The number of hydrogen-bond donors (Lipinski definition) is 4. The summed E-state index contributed by atoms with van der Waals surface area (Å²) in [7, 11) is 0. The smallest absolute Gasteiger partial charge is 0.305 e. The molecule has 1 saturated carbocycles. The first-order valence-electron chi connectivity index (χ1n) is 4.98. The van der Waals surface area contributed by atoms with E-state index in [0.717, 1.165) is 12.8 Å². The minimum Gasteiger partial charge on any atom is -0.481 e. The maximum Gasteiger partial charge on any atom is 0.305 e. The molecule has 1 heterocycles. The number of aliphatic hydroxyl groups is 1. The zero-order valence-electron chi connectivity index (χ0n) is 7.99. The van der Waals surface area contributed by atoms with E-state index in [9.17, 15) is 4.79 Å². The molecule has 4 N–H and O–H groups in total. The second-order valence-corrected chi connectivity index (χ2v) is 4.42. The van der Waals surface area contributed by atoms with Gasteiger partial charge in [0.25, 0.3) is 0 Å². The van der Waals surface area contributed by atoms with Crippen molar-refractivity contribution in [1.82, 2.24) is 10.6 Å². The molecule has 1 saturated heterocycles. The van der Waals surface area contributed by atoms with Gasteiger partial charge < -0.3 is 20.8 Å². The number of hydrogen-bond acceptors (Lipinski definition) is 4. The van der Waals surface area contributed by atoms with E-state index >= 15 is 0 Å². The van der Waals surface area contributed by atoms with Gasteiger partial charge in [-0.05, 0) is 12.8 Å². The highest BCUT2D eigenvalue weighted by Gasteiger charge is 2.42. The van der Waals surface area contributed by atoms with Crippen LogP contribution in [0.25, 0.3) is 0 Å². The fourth-order valence-corrected chi connectivity index (χ4v) is 2.13. The van der Waals surface area contributed by atoms with Crippen molar-refractivity contribution in [2.45, 2.75) is 36.9 Å². The van der Waals surface area contributed by atoms with Gasteiger partial charge in [0.1, 0.15) is 0 Å². The molecule has 2 aliphatic rings. The van der Waals surface area contributed by atoms with E-state index in [-0.39, 0.29) is 18.1 Å². The fourth-order valence-electron chi connectivity index (χ4n) is 2.13. The van der Waals surface area contributed by atoms with Gasteiger partial charge in [0.05, 0.1) is 18.1 Å². The molecule has 14 heavy (non-hydrogen) atoms. The van der Waals surface area contributed by atoms with E-state index in [2.05, 4.69) is 10.6 Å². The molecule has 0 unspecified atom stereocenters. The first-order chi connectivity index (χ1) is 6.60. The second-order valence-electron chi connectivity index (χ2n) is 4.42. The van der Waals surface area contributed by atoms with Crippen molar-refractivity contribution in [3.8, 4) is 0 Å². The molecule has 5 nitrogen and oxygen atoms in total. The van der Waals surface area contributed by atoms with Gasteiger partial charge in [-0.2, -0.15) is 0 Å². The van der Waals surface area contributed by atoms with Crippen LogP contribution in [0.5, 0.6) is 0 Å². The first-order valence-corrected chi connectivity index (χ1v) is 4.98. The Hall–Kier alpha value is -0.650. The van der Waals surface area contributed by atoms with Crippen LogP contribution in [0.3, 0.4) is 0 Å². The van der Waals surface area contributed by atoms with Gasteiger partial charge in [0, 0.05) is 19.1 Å². The Balaban J connectivity index is 1.83. The van der Waals surface area contributed by atoms with Crippen molar-refractivity contribution < 1.29 is 15.0 Å². The second kappa shape index (κ2) is 3.49. The van der Waals surface area contributed by atoms with Crippen LogP contribution in [0.4, 0.5) is 0 Å². The van der Waals surface area contributed by atoms with Crippen LogP contribution >= 0.6 is 0 Å². The highest BCUT2D eigenvalue weighted by atomic mass is 16.4. The Morgan fingerprint density at radius 3 is 2.50 bits per heavy atom. The van der Waals surface area contributed by atoms with Gasteiger partial charge in [-0.3, -0.25) is 4.79 Å². The van der Waals surface area contributed by atoms with Crippen LogP contribution in [0.15, 0.2) is 0 Å². The van der Waals surface area contributed by atoms with E-state index in [1.54, 1.807) is 0 Å². The minimum atomic E-state index is -0.765. The van der Waals surface area contributed by atoms with Crippen molar-refractivity contribution >= 4 is 5.97 Å². The Kier molecular flexibility index (Phi) is 2.47. The van der Waals surface area contributed by atoms with E-state index in [4.69, 9.17) is 10.2 Å². The highest BCUT2D eigenvalue weighted by Crippen LogP contribution is 2.25. The minimum absolute atomic E-state index is 0.159. The van der Waals surface area contributed by atoms with Crippen molar-refractivity contribution in [2.24, 2.45) is 0 Å². The Bertz CT molecular complexity index is 234. The van der Waals surface area contributed by atoms with Crippen molar-refractivity contribution in [3.05, 3.63) is 0 Å². The largest absolute Gasteiger partial charge is 0.481 e. The van der Waals surface area contributed by atoms with Crippen LogP contribution in [0, 0.1) is 0 Å². The molecule has 0 radical (unpaired) electrons. The molecule has 2 fully saturated rings. The lowest BCUT2D eigenvalue weighted by Gasteiger charge is -2.48. The van der Waals surface area contributed by atoms with Gasteiger partial charge >= 0.3 is 5.97 Å². The van der Waals surface area contributed by atoms with Crippen LogP contribution in [-0.4, -0.2) is 47.0 Å². The van der Waals surface area contributed by atoms with Gasteiger partial charge in [0.15, 0.2) is 0 Å². The Morgan fingerprint density at radius 2 is 2.14 bits per heavy atom. The monoisotopic (exact) mass is 200 g/mol. The SMILES string of the molecule is O=C(O)CC1(NC2CC(O)C2)CNC1. The normalized spacial score (nSPS) is 34.4.